The molecule has 1 fully saturated rings. The Hall–Kier alpha value is -1.80. The third kappa shape index (κ3) is 5.19. The normalized spacial score (nSPS) is 18.9. The number of hydrogen-bond acceptors (Lipinski definition) is 5. The number of anilines is 1. The van der Waals surface area contributed by atoms with E-state index in [9.17, 15) is 8.42 Å². The summed E-state index contributed by atoms with van der Waals surface area (Å²) in [6.45, 7) is 2.38. The van der Waals surface area contributed by atoms with Gasteiger partial charge < -0.3 is 15.8 Å². The van der Waals surface area contributed by atoms with Gasteiger partial charge >= 0.3 is 0 Å². The molecule has 0 amide bonds. The van der Waals surface area contributed by atoms with Crippen LogP contribution in [-0.4, -0.2) is 64.1 Å². The van der Waals surface area contributed by atoms with Crippen molar-refractivity contribution in [2.45, 2.75) is 0 Å². The minimum absolute atomic E-state index is 0.230. The molecule has 0 aromatic heterocycles. The summed E-state index contributed by atoms with van der Waals surface area (Å²) in [7, 11) is -1.22. The van der Waals surface area contributed by atoms with Crippen molar-refractivity contribution in [3.63, 3.8) is 0 Å². The first kappa shape index (κ1) is 16.6. The smallest absolute Gasteiger partial charge is 0.193 e. The van der Waals surface area contributed by atoms with Crippen LogP contribution < -0.4 is 15.8 Å². The zero-order chi connectivity index (χ0) is 16.0. The Labute approximate surface area is 131 Å². The van der Waals surface area contributed by atoms with E-state index in [1.807, 2.05) is 24.3 Å². The van der Waals surface area contributed by atoms with Gasteiger partial charge in [0.15, 0.2) is 15.8 Å². The molecule has 7 nitrogen and oxygen atoms in total. The van der Waals surface area contributed by atoms with Gasteiger partial charge in [0.05, 0.1) is 25.2 Å². The van der Waals surface area contributed by atoms with Crippen molar-refractivity contribution >= 4 is 21.5 Å². The van der Waals surface area contributed by atoms with Crippen molar-refractivity contribution in [1.82, 2.24) is 4.90 Å². The van der Waals surface area contributed by atoms with Crippen molar-refractivity contribution in [1.29, 1.82) is 0 Å². The number of guanidine groups is 1. The van der Waals surface area contributed by atoms with E-state index in [0.717, 1.165) is 11.4 Å². The highest BCUT2D eigenvalue weighted by atomic mass is 32.2. The van der Waals surface area contributed by atoms with Gasteiger partial charge in [-0.15, -0.1) is 0 Å². The van der Waals surface area contributed by atoms with Crippen molar-refractivity contribution in [2.24, 2.45) is 10.7 Å². The maximum absolute atomic E-state index is 11.3. The fourth-order valence-electron chi connectivity index (χ4n) is 2.17. The Bertz CT molecular complexity index is 617. The molecule has 1 aromatic carbocycles. The molecule has 1 heterocycles. The second kappa shape index (κ2) is 7.46. The van der Waals surface area contributed by atoms with Crippen LogP contribution in [0.4, 0.5) is 5.69 Å². The van der Waals surface area contributed by atoms with Gasteiger partial charge in [-0.3, -0.25) is 9.89 Å². The average molecular weight is 326 g/mol. The van der Waals surface area contributed by atoms with Crippen molar-refractivity contribution < 1.29 is 13.2 Å². The highest BCUT2D eigenvalue weighted by Gasteiger charge is 2.20. The lowest BCUT2D eigenvalue weighted by molar-refractivity contribution is 0.304. The van der Waals surface area contributed by atoms with Gasteiger partial charge in [0.1, 0.15) is 5.75 Å². The van der Waals surface area contributed by atoms with Crippen LogP contribution in [-0.2, 0) is 9.84 Å². The van der Waals surface area contributed by atoms with Crippen molar-refractivity contribution in [3.05, 3.63) is 24.3 Å². The highest BCUT2D eigenvalue weighted by molar-refractivity contribution is 7.91. The molecule has 1 saturated heterocycles. The zero-order valence-corrected chi connectivity index (χ0v) is 13.5. The standard InChI is InChI=1S/C14H22N4O3S/c1-21-13-4-2-3-12(11-13)17-14(15)16-5-6-18-7-9-22(19,20)10-8-18/h2-4,11H,5-10H2,1H3,(H3,15,16,17). The molecule has 0 unspecified atom stereocenters. The Morgan fingerprint density at radius 1 is 1.41 bits per heavy atom. The Kier molecular flexibility index (Phi) is 5.62. The molecule has 0 aliphatic carbocycles. The number of aliphatic imine (C=N–C) groups is 1. The number of benzene rings is 1. The first-order valence-electron chi connectivity index (χ1n) is 7.12. The largest absolute Gasteiger partial charge is 0.497 e. The number of methoxy groups -OCH3 is 1. The molecule has 122 valence electrons. The molecule has 0 radical (unpaired) electrons. The minimum Gasteiger partial charge on any atom is -0.497 e. The lowest BCUT2D eigenvalue weighted by Crippen LogP contribution is -2.41. The molecule has 1 aromatic rings. The summed E-state index contributed by atoms with van der Waals surface area (Å²) in [4.78, 5) is 6.34. The first-order valence-corrected chi connectivity index (χ1v) is 8.94. The van der Waals surface area contributed by atoms with E-state index >= 15 is 0 Å². The summed E-state index contributed by atoms with van der Waals surface area (Å²) in [5.74, 6) is 1.54. The van der Waals surface area contributed by atoms with Crippen LogP contribution in [0, 0.1) is 0 Å². The van der Waals surface area contributed by atoms with Crippen LogP contribution in [0.2, 0.25) is 0 Å². The Morgan fingerprint density at radius 3 is 2.82 bits per heavy atom. The van der Waals surface area contributed by atoms with E-state index < -0.39 is 9.84 Å². The predicted molar refractivity (Wildman–Crippen MR) is 88.2 cm³/mol. The van der Waals surface area contributed by atoms with Gasteiger partial charge in [0.2, 0.25) is 0 Å². The second-order valence-corrected chi connectivity index (χ2v) is 7.42. The maximum atomic E-state index is 11.3. The molecular formula is C14H22N4O3S. The number of nitrogens with zero attached hydrogens (tertiary/aromatic N) is 2. The average Bonchev–Trinajstić information content (AvgIpc) is 2.49. The van der Waals surface area contributed by atoms with E-state index in [1.165, 1.54) is 0 Å². The number of hydrogen-bond donors (Lipinski definition) is 2. The maximum Gasteiger partial charge on any atom is 0.193 e. The lowest BCUT2D eigenvalue weighted by Gasteiger charge is -2.25. The molecular weight excluding hydrogens is 304 g/mol. The molecule has 0 bridgehead atoms. The molecule has 0 saturated carbocycles. The molecule has 1 aliphatic rings. The summed E-state index contributed by atoms with van der Waals surface area (Å²) in [5.41, 5.74) is 6.65. The first-order chi connectivity index (χ1) is 10.5. The quantitative estimate of drug-likeness (QED) is 0.591. The third-order valence-electron chi connectivity index (χ3n) is 3.48. The van der Waals surface area contributed by atoms with Gasteiger partial charge in [-0.05, 0) is 12.1 Å². The van der Waals surface area contributed by atoms with Crippen LogP contribution >= 0.6 is 0 Å². The monoisotopic (exact) mass is 326 g/mol. The molecule has 3 N–H and O–H groups in total. The van der Waals surface area contributed by atoms with Crippen LogP contribution in [0.3, 0.4) is 0 Å². The lowest BCUT2D eigenvalue weighted by atomic mass is 10.3. The van der Waals surface area contributed by atoms with Gasteiger partial charge in [-0.1, -0.05) is 6.07 Å². The van der Waals surface area contributed by atoms with E-state index in [1.54, 1.807) is 7.11 Å². The molecule has 1 aliphatic heterocycles. The molecule has 0 atom stereocenters. The van der Waals surface area contributed by atoms with Gasteiger partial charge in [-0.25, -0.2) is 8.42 Å². The van der Waals surface area contributed by atoms with E-state index in [2.05, 4.69) is 15.2 Å². The fourth-order valence-corrected chi connectivity index (χ4v) is 3.45. The predicted octanol–water partition coefficient (Wildman–Crippen LogP) is 0.152. The topological polar surface area (TPSA) is 97.0 Å². The number of nitrogens with two attached hydrogens (primary N) is 1. The number of nitrogens with one attached hydrogen (secondary N) is 1. The number of ether oxygens (including phenoxy) is 1. The van der Waals surface area contributed by atoms with E-state index in [0.29, 0.717) is 32.1 Å². The summed E-state index contributed by atoms with van der Waals surface area (Å²) in [6.07, 6.45) is 0. The molecule has 2 rings (SSSR count). The SMILES string of the molecule is COc1cccc(NC(N)=NCCN2CCS(=O)(=O)CC2)c1. The van der Waals surface area contributed by atoms with E-state index in [4.69, 9.17) is 10.5 Å². The summed E-state index contributed by atoms with van der Waals surface area (Å²) >= 11 is 0. The third-order valence-corrected chi connectivity index (χ3v) is 5.09. The van der Waals surface area contributed by atoms with Crippen LogP contribution in [0.5, 0.6) is 5.75 Å². The van der Waals surface area contributed by atoms with Crippen molar-refractivity contribution in [3.8, 4) is 5.75 Å². The second-order valence-electron chi connectivity index (χ2n) is 5.12. The van der Waals surface area contributed by atoms with Crippen LogP contribution in [0.25, 0.3) is 0 Å². The van der Waals surface area contributed by atoms with E-state index in [-0.39, 0.29) is 11.5 Å². The Balaban J connectivity index is 1.78. The molecule has 0 spiro atoms. The minimum atomic E-state index is -2.83. The summed E-state index contributed by atoms with van der Waals surface area (Å²) in [6, 6.07) is 7.42. The van der Waals surface area contributed by atoms with Gasteiger partial charge in [-0.2, -0.15) is 0 Å². The highest BCUT2D eigenvalue weighted by Crippen LogP contribution is 2.16. The van der Waals surface area contributed by atoms with Crippen LogP contribution in [0.1, 0.15) is 0 Å². The number of rotatable bonds is 5. The summed E-state index contributed by atoms with van der Waals surface area (Å²) in [5, 5.41) is 3.00. The van der Waals surface area contributed by atoms with Gasteiger partial charge in [0.25, 0.3) is 0 Å². The summed E-state index contributed by atoms with van der Waals surface area (Å²) < 4.78 is 27.8. The van der Waals surface area contributed by atoms with Gasteiger partial charge in [0, 0.05) is 31.4 Å². The Morgan fingerprint density at radius 2 is 2.14 bits per heavy atom. The fraction of sp³-hybridized carbons (Fsp3) is 0.500. The van der Waals surface area contributed by atoms with Crippen molar-refractivity contribution in [2.75, 3.05) is 50.1 Å². The zero-order valence-electron chi connectivity index (χ0n) is 12.7. The molecule has 22 heavy (non-hydrogen) atoms. The van der Waals surface area contributed by atoms with Crippen LogP contribution in [0.15, 0.2) is 29.3 Å². The number of sulfone groups is 1. The molecule has 8 heteroatoms.